The van der Waals surface area contributed by atoms with Gasteiger partial charge in [0.25, 0.3) is 0 Å². The summed E-state index contributed by atoms with van der Waals surface area (Å²) in [6.07, 6.45) is 4.88. The predicted molar refractivity (Wildman–Crippen MR) is 84.1 cm³/mol. The second-order valence-corrected chi connectivity index (χ2v) is 5.21. The van der Waals surface area contributed by atoms with Gasteiger partial charge in [-0.3, -0.25) is 4.79 Å². The van der Waals surface area contributed by atoms with Crippen molar-refractivity contribution in [2.75, 3.05) is 0 Å². The van der Waals surface area contributed by atoms with Crippen LogP contribution < -0.4 is 0 Å². The molecule has 2 rings (SSSR count). The zero-order chi connectivity index (χ0) is 14.2. The van der Waals surface area contributed by atoms with Crippen LogP contribution in [-0.2, 0) is 12.8 Å². The maximum atomic E-state index is 11.8. The van der Waals surface area contributed by atoms with Gasteiger partial charge in [-0.1, -0.05) is 61.5 Å². The lowest BCUT2D eigenvalue weighted by Gasteiger charge is -2.04. The Balaban J connectivity index is 1.83. The van der Waals surface area contributed by atoms with Crippen molar-refractivity contribution >= 4 is 5.78 Å². The molecule has 0 fully saturated rings. The van der Waals surface area contributed by atoms with Crippen LogP contribution in [0.25, 0.3) is 0 Å². The van der Waals surface area contributed by atoms with E-state index >= 15 is 0 Å². The lowest BCUT2D eigenvalue weighted by molar-refractivity contribution is 0.0982. The van der Waals surface area contributed by atoms with E-state index in [1.54, 1.807) is 0 Å². The van der Waals surface area contributed by atoms with Crippen LogP contribution in [0.15, 0.2) is 54.6 Å². The number of hydrogen-bond donors (Lipinski definition) is 0. The molecule has 0 saturated heterocycles. The first-order chi connectivity index (χ1) is 9.79. The van der Waals surface area contributed by atoms with Gasteiger partial charge in [-0.25, -0.2) is 0 Å². The summed E-state index contributed by atoms with van der Waals surface area (Å²) in [6.45, 7) is 2.04. The van der Waals surface area contributed by atoms with Crippen LogP contribution in [0.2, 0.25) is 0 Å². The van der Waals surface area contributed by atoms with Crippen molar-refractivity contribution in [1.29, 1.82) is 0 Å². The SMILES string of the molecule is CCCC(=O)c1ccc(CCCc2ccccc2)cc1. The first-order valence-electron chi connectivity index (χ1n) is 7.45. The highest BCUT2D eigenvalue weighted by Crippen LogP contribution is 2.11. The Morgan fingerprint density at radius 2 is 1.45 bits per heavy atom. The highest BCUT2D eigenvalue weighted by molar-refractivity contribution is 5.95. The summed E-state index contributed by atoms with van der Waals surface area (Å²) in [7, 11) is 0. The lowest BCUT2D eigenvalue weighted by Crippen LogP contribution is -1.98. The first-order valence-corrected chi connectivity index (χ1v) is 7.45. The van der Waals surface area contributed by atoms with Crippen molar-refractivity contribution in [2.24, 2.45) is 0 Å². The van der Waals surface area contributed by atoms with Crippen molar-refractivity contribution in [3.05, 3.63) is 71.3 Å². The first kappa shape index (κ1) is 14.5. The molecule has 0 atom stereocenters. The Labute approximate surface area is 121 Å². The summed E-state index contributed by atoms with van der Waals surface area (Å²) in [4.78, 5) is 11.8. The third-order valence-electron chi connectivity index (χ3n) is 3.53. The summed E-state index contributed by atoms with van der Waals surface area (Å²) in [5, 5.41) is 0. The maximum Gasteiger partial charge on any atom is 0.162 e. The van der Waals surface area contributed by atoms with Crippen molar-refractivity contribution in [2.45, 2.75) is 39.0 Å². The number of Topliss-reactive ketones (excluding diaryl/α,β-unsaturated/α-hetero) is 1. The minimum absolute atomic E-state index is 0.253. The zero-order valence-electron chi connectivity index (χ0n) is 12.1. The normalized spacial score (nSPS) is 10.4. The molecule has 1 heteroatoms. The number of carbonyl (C=O) groups is 1. The molecule has 0 aliphatic carbocycles. The van der Waals surface area contributed by atoms with Crippen molar-refractivity contribution in [3.8, 4) is 0 Å². The number of ketones is 1. The van der Waals surface area contributed by atoms with Gasteiger partial charge in [0, 0.05) is 12.0 Å². The Morgan fingerprint density at radius 3 is 2.05 bits per heavy atom. The highest BCUT2D eigenvalue weighted by Gasteiger charge is 2.04. The molecule has 0 amide bonds. The van der Waals surface area contributed by atoms with Gasteiger partial charge in [-0.05, 0) is 36.8 Å². The summed E-state index contributed by atoms with van der Waals surface area (Å²) in [5.74, 6) is 0.253. The number of hydrogen-bond acceptors (Lipinski definition) is 1. The number of rotatable bonds is 7. The van der Waals surface area contributed by atoms with Crippen LogP contribution in [0.3, 0.4) is 0 Å². The summed E-state index contributed by atoms with van der Waals surface area (Å²) < 4.78 is 0. The zero-order valence-corrected chi connectivity index (χ0v) is 12.1. The van der Waals surface area contributed by atoms with Crippen molar-refractivity contribution in [3.63, 3.8) is 0 Å². The average Bonchev–Trinajstić information content (AvgIpc) is 2.49. The maximum absolute atomic E-state index is 11.8. The molecule has 0 unspecified atom stereocenters. The molecule has 1 nitrogen and oxygen atoms in total. The molecule has 0 aliphatic heterocycles. The minimum Gasteiger partial charge on any atom is -0.294 e. The van der Waals surface area contributed by atoms with Gasteiger partial charge in [0.1, 0.15) is 0 Å². The van der Waals surface area contributed by atoms with Gasteiger partial charge in [-0.15, -0.1) is 0 Å². The molecule has 0 spiro atoms. The second kappa shape index (κ2) is 7.64. The van der Waals surface area contributed by atoms with Crippen LogP contribution in [0, 0.1) is 0 Å². The van der Waals surface area contributed by atoms with Gasteiger partial charge < -0.3 is 0 Å². The Kier molecular flexibility index (Phi) is 5.55. The van der Waals surface area contributed by atoms with E-state index in [0.29, 0.717) is 6.42 Å². The summed E-state index contributed by atoms with van der Waals surface area (Å²) in [6, 6.07) is 18.7. The van der Waals surface area contributed by atoms with Gasteiger partial charge >= 0.3 is 0 Å². The van der Waals surface area contributed by atoms with Crippen LogP contribution >= 0.6 is 0 Å². The predicted octanol–water partition coefficient (Wildman–Crippen LogP) is 4.84. The quantitative estimate of drug-likeness (QED) is 0.655. The van der Waals surface area contributed by atoms with Crippen LogP contribution in [0.5, 0.6) is 0 Å². The topological polar surface area (TPSA) is 17.1 Å². The van der Waals surface area contributed by atoms with Crippen LogP contribution in [0.4, 0.5) is 0 Å². The van der Waals surface area contributed by atoms with E-state index in [-0.39, 0.29) is 5.78 Å². The summed E-state index contributed by atoms with van der Waals surface area (Å²) >= 11 is 0. The van der Waals surface area contributed by atoms with Crippen LogP contribution in [0.1, 0.15) is 47.7 Å². The molecule has 0 aliphatic rings. The van der Waals surface area contributed by atoms with E-state index in [1.165, 1.54) is 11.1 Å². The molecule has 0 aromatic heterocycles. The standard InChI is InChI=1S/C19H22O/c1-2-7-19(20)18-14-12-17(13-15-18)11-6-10-16-8-4-3-5-9-16/h3-5,8-9,12-15H,2,6-7,10-11H2,1H3. The molecule has 104 valence electrons. The minimum atomic E-state index is 0.253. The lowest BCUT2D eigenvalue weighted by atomic mass is 10.0. The van der Waals surface area contributed by atoms with E-state index in [1.807, 2.05) is 19.1 Å². The largest absolute Gasteiger partial charge is 0.294 e. The smallest absolute Gasteiger partial charge is 0.162 e. The fraction of sp³-hybridized carbons (Fsp3) is 0.316. The second-order valence-electron chi connectivity index (χ2n) is 5.21. The summed E-state index contributed by atoms with van der Waals surface area (Å²) in [5.41, 5.74) is 3.55. The van der Waals surface area contributed by atoms with Gasteiger partial charge in [-0.2, -0.15) is 0 Å². The molecule has 20 heavy (non-hydrogen) atoms. The van der Waals surface area contributed by atoms with E-state index in [2.05, 4.69) is 42.5 Å². The number of benzene rings is 2. The molecular formula is C19H22O. The monoisotopic (exact) mass is 266 g/mol. The average molecular weight is 266 g/mol. The fourth-order valence-electron chi connectivity index (χ4n) is 2.37. The third kappa shape index (κ3) is 4.34. The molecule has 0 heterocycles. The third-order valence-corrected chi connectivity index (χ3v) is 3.53. The molecule has 0 radical (unpaired) electrons. The molecule has 2 aromatic rings. The molecule has 0 bridgehead atoms. The Morgan fingerprint density at radius 1 is 0.850 bits per heavy atom. The Bertz CT molecular complexity index is 525. The van der Waals surface area contributed by atoms with E-state index < -0.39 is 0 Å². The highest BCUT2D eigenvalue weighted by atomic mass is 16.1. The van der Waals surface area contributed by atoms with Gasteiger partial charge in [0.15, 0.2) is 5.78 Å². The van der Waals surface area contributed by atoms with E-state index in [4.69, 9.17) is 0 Å². The van der Waals surface area contributed by atoms with E-state index in [9.17, 15) is 4.79 Å². The van der Waals surface area contributed by atoms with Gasteiger partial charge in [0.2, 0.25) is 0 Å². The van der Waals surface area contributed by atoms with Gasteiger partial charge in [0.05, 0.1) is 0 Å². The fourth-order valence-corrected chi connectivity index (χ4v) is 2.37. The van der Waals surface area contributed by atoms with Crippen LogP contribution in [-0.4, -0.2) is 5.78 Å². The van der Waals surface area contributed by atoms with E-state index in [0.717, 1.165) is 31.2 Å². The molecule has 0 N–H and O–H groups in total. The number of carbonyl (C=O) groups excluding carboxylic acids is 1. The number of aryl methyl sites for hydroxylation is 2. The molecule has 2 aromatic carbocycles. The molecule has 0 saturated carbocycles. The molecular weight excluding hydrogens is 244 g/mol. The Hall–Kier alpha value is -1.89. The van der Waals surface area contributed by atoms with Crippen molar-refractivity contribution < 1.29 is 4.79 Å². The van der Waals surface area contributed by atoms with Crippen molar-refractivity contribution in [1.82, 2.24) is 0 Å².